The van der Waals surface area contributed by atoms with Gasteiger partial charge in [-0.2, -0.15) is 13.2 Å². The van der Waals surface area contributed by atoms with Crippen molar-refractivity contribution in [2.45, 2.75) is 11.1 Å². The number of nitrogens with one attached hydrogen (secondary N) is 1. The van der Waals surface area contributed by atoms with E-state index in [0.29, 0.717) is 5.39 Å². The van der Waals surface area contributed by atoms with Crippen LogP contribution in [0.3, 0.4) is 0 Å². The molecule has 0 aliphatic heterocycles. The number of halogens is 3. The molecule has 27 heavy (non-hydrogen) atoms. The van der Waals surface area contributed by atoms with Crippen LogP contribution in [0.2, 0.25) is 0 Å². The molecular weight excluding hydrogens is 389 g/mol. The Morgan fingerprint density at radius 1 is 1.11 bits per heavy atom. The van der Waals surface area contributed by atoms with Crippen molar-refractivity contribution in [2.24, 2.45) is 0 Å². The number of anilines is 1. The van der Waals surface area contributed by atoms with Crippen LogP contribution in [0, 0.1) is 0 Å². The Bertz CT molecular complexity index is 1130. The van der Waals surface area contributed by atoms with Crippen molar-refractivity contribution in [3.05, 3.63) is 59.1 Å². The van der Waals surface area contributed by atoms with Gasteiger partial charge in [-0.3, -0.25) is 4.72 Å². The molecule has 2 aromatic heterocycles. The Morgan fingerprint density at radius 2 is 1.89 bits per heavy atom. The summed E-state index contributed by atoms with van der Waals surface area (Å²) < 4.78 is 72.8. The van der Waals surface area contributed by atoms with Crippen LogP contribution < -0.4 is 15.1 Å². The lowest BCUT2D eigenvalue weighted by atomic mass is 10.2. The smallest absolute Gasteiger partial charge is 0.422 e. The Balaban J connectivity index is 1.78. The third-order valence-electron chi connectivity index (χ3n) is 3.27. The molecule has 0 amide bonds. The number of fused-ring (bicyclic) bond motifs is 1. The highest BCUT2D eigenvalue weighted by Crippen LogP contribution is 2.22. The van der Waals surface area contributed by atoms with E-state index in [1.54, 1.807) is 0 Å². The lowest BCUT2D eigenvalue weighted by molar-refractivity contribution is -0.154. The van der Waals surface area contributed by atoms with Gasteiger partial charge in [-0.05, 0) is 30.3 Å². The summed E-state index contributed by atoms with van der Waals surface area (Å²) in [4.78, 5) is 14.7. The Hall–Kier alpha value is -3.08. The van der Waals surface area contributed by atoms with Crippen LogP contribution in [0.25, 0.3) is 11.0 Å². The monoisotopic (exact) mass is 400 g/mol. The van der Waals surface area contributed by atoms with E-state index in [-0.39, 0.29) is 22.0 Å². The van der Waals surface area contributed by atoms with E-state index >= 15 is 0 Å². The van der Waals surface area contributed by atoms with Gasteiger partial charge >= 0.3 is 11.8 Å². The van der Waals surface area contributed by atoms with Crippen molar-refractivity contribution < 1.29 is 30.7 Å². The van der Waals surface area contributed by atoms with Crippen molar-refractivity contribution in [2.75, 3.05) is 11.3 Å². The first-order valence-corrected chi connectivity index (χ1v) is 8.83. The first kappa shape index (κ1) is 18.7. The first-order valence-electron chi connectivity index (χ1n) is 7.35. The number of hydrogen-bond acceptors (Lipinski definition) is 6. The molecule has 0 bridgehead atoms. The summed E-state index contributed by atoms with van der Waals surface area (Å²) in [6, 6.07) is 8.83. The molecule has 1 N–H and O–H groups in total. The summed E-state index contributed by atoms with van der Waals surface area (Å²) in [5.41, 5.74) is -0.293. The summed E-state index contributed by atoms with van der Waals surface area (Å²) in [7, 11) is -3.99. The van der Waals surface area contributed by atoms with Crippen LogP contribution >= 0.6 is 0 Å². The number of benzene rings is 1. The highest BCUT2D eigenvalue weighted by Gasteiger charge is 2.28. The van der Waals surface area contributed by atoms with Gasteiger partial charge in [-0.25, -0.2) is 18.2 Å². The highest BCUT2D eigenvalue weighted by molar-refractivity contribution is 7.92. The molecule has 3 aromatic rings. The number of hydrogen-bond donors (Lipinski definition) is 1. The van der Waals surface area contributed by atoms with Crippen molar-refractivity contribution in [1.82, 2.24) is 4.98 Å². The van der Waals surface area contributed by atoms with Crippen LogP contribution in [0.1, 0.15) is 0 Å². The molecule has 2 heterocycles. The number of nitrogens with zero attached hydrogens (tertiary/aromatic N) is 1. The number of rotatable bonds is 5. The summed E-state index contributed by atoms with van der Waals surface area (Å²) in [5, 5.41) is 0.409. The van der Waals surface area contributed by atoms with Crippen LogP contribution in [0.4, 0.5) is 18.9 Å². The van der Waals surface area contributed by atoms with E-state index in [1.807, 2.05) is 0 Å². The fourth-order valence-corrected chi connectivity index (χ4v) is 3.19. The zero-order valence-electron chi connectivity index (χ0n) is 13.4. The average molecular weight is 400 g/mol. The maximum Gasteiger partial charge on any atom is 0.422 e. The third kappa shape index (κ3) is 4.76. The summed E-state index contributed by atoms with van der Waals surface area (Å²) in [6.07, 6.45) is -3.47. The zero-order chi connectivity index (χ0) is 19.7. The third-order valence-corrected chi connectivity index (χ3v) is 4.65. The predicted molar refractivity (Wildman–Crippen MR) is 89.1 cm³/mol. The lowest BCUT2D eigenvalue weighted by Crippen LogP contribution is -2.19. The molecule has 1 aromatic carbocycles. The van der Waals surface area contributed by atoms with Crippen molar-refractivity contribution in [1.29, 1.82) is 0 Å². The van der Waals surface area contributed by atoms with Gasteiger partial charge in [0.2, 0.25) is 5.88 Å². The fourth-order valence-electron chi connectivity index (χ4n) is 2.11. The van der Waals surface area contributed by atoms with Gasteiger partial charge in [0.1, 0.15) is 5.58 Å². The Labute approximate surface area is 150 Å². The lowest BCUT2D eigenvalue weighted by Gasteiger charge is -2.10. The molecule has 3 rings (SSSR count). The maximum absolute atomic E-state index is 12.4. The standard InChI is InChI=1S/C16H11F3N2O5S/c17-16(18,19)9-25-14-5-2-11(8-20-14)21-27(23,24)12-3-4-13-10(7-12)1-6-15(22)26-13/h1-8,21H,9H2. The van der Waals surface area contributed by atoms with E-state index < -0.39 is 28.4 Å². The summed E-state index contributed by atoms with van der Waals surface area (Å²) in [6.45, 7) is -1.50. The van der Waals surface area contributed by atoms with Gasteiger partial charge in [0, 0.05) is 17.5 Å². The van der Waals surface area contributed by atoms with Crippen molar-refractivity contribution in [3.63, 3.8) is 0 Å². The SMILES string of the molecule is O=c1ccc2cc(S(=O)(=O)Nc3ccc(OCC(F)(F)F)nc3)ccc2o1. The van der Waals surface area contributed by atoms with E-state index in [9.17, 15) is 26.4 Å². The van der Waals surface area contributed by atoms with Gasteiger partial charge in [0.15, 0.2) is 6.61 Å². The molecule has 0 unspecified atom stereocenters. The minimum absolute atomic E-state index is 0.0362. The molecule has 0 atom stereocenters. The zero-order valence-corrected chi connectivity index (χ0v) is 14.2. The second-order valence-corrected chi connectivity index (χ2v) is 7.03. The molecule has 142 valence electrons. The van der Waals surface area contributed by atoms with Gasteiger partial charge in [0.25, 0.3) is 10.0 Å². The molecule has 0 saturated heterocycles. The number of ether oxygens (including phenoxy) is 1. The van der Waals surface area contributed by atoms with Crippen LogP contribution in [0.15, 0.2) is 62.8 Å². The van der Waals surface area contributed by atoms with Gasteiger partial charge in [-0.1, -0.05) is 0 Å². The molecule has 0 saturated carbocycles. The molecule has 11 heteroatoms. The molecule has 7 nitrogen and oxygen atoms in total. The molecule has 0 fully saturated rings. The summed E-state index contributed by atoms with van der Waals surface area (Å²) in [5.74, 6) is -0.295. The van der Waals surface area contributed by atoms with Gasteiger partial charge in [-0.15, -0.1) is 0 Å². The highest BCUT2D eigenvalue weighted by atomic mass is 32.2. The summed E-state index contributed by atoms with van der Waals surface area (Å²) >= 11 is 0. The maximum atomic E-state index is 12.4. The van der Waals surface area contributed by atoms with Crippen molar-refractivity contribution >= 4 is 26.7 Å². The molecular formula is C16H11F3N2O5S. The first-order chi connectivity index (χ1) is 12.6. The Kier molecular flexibility index (Phi) is 4.79. The molecule has 0 spiro atoms. The fraction of sp³-hybridized carbons (Fsp3) is 0.125. The number of alkyl halides is 3. The van der Waals surface area contributed by atoms with Crippen LogP contribution in [-0.2, 0) is 10.0 Å². The minimum Gasteiger partial charge on any atom is -0.468 e. The van der Waals surface area contributed by atoms with E-state index in [1.165, 1.54) is 30.3 Å². The number of aromatic nitrogens is 1. The largest absolute Gasteiger partial charge is 0.468 e. The van der Waals surface area contributed by atoms with E-state index in [4.69, 9.17) is 4.42 Å². The average Bonchev–Trinajstić information content (AvgIpc) is 2.59. The van der Waals surface area contributed by atoms with Crippen LogP contribution in [-0.4, -0.2) is 26.2 Å². The number of sulfonamides is 1. The molecule has 0 aliphatic carbocycles. The topological polar surface area (TPSA) is 98.5 Å². The second kappa shape index (κ2) is 6.91. The van der Waals surface area contributed by atoms with Crippen molar-refractivity contribution in [3.8, 4) is 5.88 Å². The normalized spacial score (nSPS) is 12.1. The quantitative estimate of drug-likeness (QED) is 0.662. The minimum atomic E-state index is -4.50. The second-order valence-electron chi connectivity index (χ2n) is 5.35. The van der Waals surface area contributed by atoms with E-state index in [2.05, 4.69) is 14.4 Å². The van der Waals surface area contributed by atoms with Gasteiger partial charge < -0.3 is 9.15 Å². The van der Waals surface area contributed by atoms with Crippen LogP contribution in [0.5, 0.6) is 5.88 Å². The predicted octanol–water partition coefficient (Wildman–Crippen LogP) is 2.93. The van der Waals surface area contributed by atoms with E-state index in [0.717, 1.165) is 18.3 Å². The molecule has 0 radical (unpaired) electrons. The van der Waals surface area contributed by atoms with Gasteiger partial charge in [0.05, 0.1) is 16.8 Å². The number of pyridine rings is 1. The Morgan fingerprint density at radius 3 is 2.56 bits per heavy atom. The molecule has 0 aliphatic rings.